The molecular weight excluding hydrogens is 220 g/mol. The van der Waals surface area contributed by atoms with Crippen LogP contribution in [0.25, 0.3) is 0 Å². The van der Waals surface area contributed by atoms with E-state index in [0.29, 0.717) is 16.7 Å². The lowest BCUT2D eigenvalue weighted by Crippen LogP contribution is -2.14. The maximum Gasteiger partial charge on any atom is 0.183 e. The summed E-state index contributed by atoms with van der Waals surface area (Å²) in [6.07, 6.45) is 3.95. The van der Waals surface area contributed by atoms with Crippen LogP contribution in [0.3, 0.4) is 0 Å². The molecule has 1 aromatic rings. The summed E-state index contributed by atoms with van der Waals surface area (Å²) in [4.78, 5) is 19.5. The van der Waals surface area contributed by atoms with Crippen molar-refractivity contribution in [2.24, 2.45) is 0 Å². The Labute approximate surface area is 78.4 Å². The lowest BCUT2D eigenvalue weighted by Gasteiger charge is -2.11. The molecule has 0 saturated carbocycles. The number of rotatable bonds is 0. The van der Waals surface area contributed by atoms with Crippen LogP contribution >= 0.6 is 15.9 Å². The number of ketones is 1. The highest BCUT2D eigenvalue weighted by molar-refractivity contribution is 9.10. The number of hydrogen-bond acceptors (Lipinski definition) is 3. The Hall–Kier alpha value is -0.770. The zero-order valence-electron chi connectivity index (χ0n) is 6.38. The van der Waals surface area contributed by atoms with E-state index in [1.54, 1.807) is 6.20 Å². The average molecular weight is 227 g/mol. The van der Waals surface area contributed by atoms with Gasteiger partial charge in [-0.15, -0.1) is 0 Å². The fourth-order valence-corrected chi connectivity index (χ4v) is 1.66. The number of Topliss-reactive ketones (excluding diaryl/α,β-unsaturated/α-hetero) is 1. The lowest BCUT2D eigenvalue weighted by atomic mass is 9.99. The number of hydrogen-bond donors (Lipinski definition) is 0. The standard InChI is InChI=1S/C8H7BrN2O/c9-7-4-10-8-5(11-7)2-1-3-6(8)12/h4H,1-3H2. The third kappa shape index (κ3) is 1.27. The summed E-state index contributed by atoms with van der Waals surface area (Å²) in [6, 6.07) is 0. The van der Waals surface area contributed by atoms with Crippen molar-refractivity contribution in [1.29, 1.82) is 0 Å². The van der Waals surface area contributed by atoms with Gasteiger partial charge in [0, 0.05) is 6.42 Å². The van der Waals surface area contributed by atoms with E-state index < -0.39 is 0 Å². The first-order valence-corrected chi connectivity index (χ1v) is 4.61. The second-order valence-electron chi connectivity index (χ2n) is 2.76. The van der Waals surface area contributed by atoms with Crippen molar-refractivity contribution in [3.63, 3.8) is 0 Å². The van der Waals surface area contributed by atoms with Gasteiger partial charge in [-0.1, -0.05) is 0 Å². The molecule has 0 aromatic carbocycles. The van der Waals surface area contributed by atoms with Crippen molar-refractivity contribution in [2.75, 3.05) is 0 Å². The summed E-state index contributed by atoms with van der Waals surface area (Å²) in [5.74, 6) is 0.122. The molecule has 1 aromatic heterocycles. The first-order chi connectivity index (χ1) is 5.77. The molecule has 1 aliphatic carbocycles. The SMILES string of the molecule is O=C1CCCc2nc(Br)cnc21. The van der Waals surface area contributed by atoms with Crippen LogP contribution in [-0.4, -0.2) is 15.8 Å². The number of nitrogens with zero attached hydrogens (tertiary/aromatic N) is 2. The molecule has 0 fully saturated rings. The third-order valence-electron chi connectivity index (χ3n) is 1.90. The maximum absolute atomic E-state index is 11.3. The van der Waals surface area contributed by atoms with Gasteiger partial charge in [0.1, 0.15) is 10.3 Å². The average Bonchev–Trinajstić information content (AvgIpc) is 2.04. The van der Waals surface area contributed by atoms with Crippen LogP contribution in [0, 0.1) is 0 Å². The molecule has 0 bridgehead atoms. The van der Waals surface area contributed by atoms with Crippen LogP contribution in [0.4, 0.5) is 0 Å². The predicted molar refractivity (Wildman–Crippen MR) is 47.0 cm³/mol. The molecule has 0 spiro atoms. The van der Waals surface area contributed by atoms with Gasteiger partial charge >= 0.3 is 0 Å². The van der Waals surface area contributed by atoms with E-state index in [9.17, 15) is 4.79 Å². The van der Waals surface area contributed by atoms with Crippen LogP contribution < -0.4 is 0 Å². The van der Waals surface area contributed by atoms with Gasteiger partial charge < -0.3 is 0 Å². The van der Waals surface area contributed by atoms with E-state index in [1.165, 1.54) is 0 Å². The van der Waals surface area contributed by atoms with E-state index in [4.69, 9.17) is 0 Å². The molecule has 0 saturated heterocycles. The molecule has 4 heteroatoms. The van der Waals surface area contributed by atoms with Gasteiger partial charge in [0.2, 0.25) is 0 Å². The predicted octanol–water partition coefficient (Wildman–Crippen LogP) is 1.76. The number of fused-ring (bicyclic) bond motifs is 1. The Balaban J connectivity index is 2.53. The molecule has 3 nitrogen and oxygen atoms in total. The van der Waals surface area contributed by atoms with Gasteiger partial charge in [0.05, 0.1) is 11.9 Å². The van der Waals surface area contributed by atoms with Crippen LogP contribution in [-0.2, 0) is 6.42 Å². The molecule has 12 heavy (non-hydrogen) atoms. The smallest absolute Gasteiger partial charge is 0.183 e. The molecule has 0 aliphatic heterocycles. The Morgan fingerprint density at radius 3 is 3.08 bits per heavy atom. The molecule has 1 heterocycles. The number of halogens is 1. The minimum atomic E-state index is 0.122. The van der Waals surface area contributed by atoms with Crippen molar-refractivity contribution < 1.29 is 4.79 Å². The van der Waals surface area contributed by atoms with Crippen molar-refractivity contribution in [3.05, 3.63) is 22.2 Å². The molecule has 1 aliphatic rings. The van der Waals surface area contributed by atoms with Gasteiger partial charge in [-0.25, -0.2) is 9.97 Å². The Kier molecular flexibility index (Phi) is 1.92. The molecule has 2 rings (SSSR count). The van der Waals surface area contributed by atoms with Crippen molar-refractivity contribution in [2.45, 2.75) is 19.3 Å². The first-order valence-electron chi connectivity index (χ1n) is 3.82. The summed E-state index contributed by atoms with van der Waals surface area (Å²) in [7, 11) is 0. The minimum Gasteiger partial charge on any atom is -0.292 e. The zero-order valence-corrected chi connectivity index (χ0v) is 7.97. The molecule has 0 unspecified atom stereocenters. The van der Waals surface area contributed by atoms with Gasteiger partial charge in [-0.05, 0) is 28.8 Å². The highest BCUT2D eigenvalue weighted by Gasteiger charge is 2.19. The Morgan fingerprint density at radius 1 is 1.42 bits per heavy atom. The number of aryl methyl sites for hydroxylation is 1. The highest BCUT2D eigenvalue weighted by atomic mass is 79.9. The summed E-state index contributed by atoms with van der Waals surface area (Å²) in [5, 5.41) is 0. The Morgan fingerprint density at radius 2 is 2.25 bits per heavy atom. The highest BCUT2D eigenvalue weighted by Crippen LogP contribution is 2.18. The summed E-state index contributed by atoms with van der Waals surface area (Å²) < 4.78 is 0.705. The van der Waals surface area contributed by atoms with E-state index in [1.807, 2.05) is 0 Å². The number of carbonyl (C=O) groups excluding carboxylic acids is 1. The van der Waals surface area contributed by atoms with Gasteiger partial charge in [0.25, 0.3) is 0 Å². The topological polar surface area (TPSA) is 42.9 Å². The van der Waals surface area contributed by atoms with E-state index in [2.05, 4.69) is 25.9 Å². The van der Waals surface area contributed by atoms with Crippen molar-refractivity contribution >= 4 is 21.7 Å². The molecule has 0 radical (unpaired) electrons. The molecule has 0 atom stereocenters. The molecule has 0 N–H and O–H groups in total. The molecular formula is C8H7BrN2O. The summed E-state index contributed by atoms with van der Waals surface area (Å²) in [5.41, 5.74) is 1.39. The second kappa shape index (κ2) is 2.94. The van der Waals surface area contributed by atoms with E-state index >= 15 is 0 Å². The van der Waals surface area contributed by atoms with Gasteiger partial charge in [0.15, 0.2) is 5.78 Å². The maximum atomic E-state index is 11.3. The second-order valence-corrected chi connectivity index (χ2v) is 3.58. The van der Waals surface area contributed by atoms with Crippen molar-refractivity contribution in [3.8, 4) is 0 Å². The Bertz CT molecular complexity index is 338. The molecule has 0 amide bonds. The van der Waals surface area contributed by atoms with Gasteiger partial charge in [-0.2, -0.15) is 0 Å². The monoisotopic (exact) mass is 226 g/mol. The lowest BCUT2D eigenvalue weighted by molar-refractivity contribution is 0.0966. The van der Waals surface area contributed by atoms with Crippen molar-refractivity contribution in [1.82, 2.24) is 9.97 Å². The fraction of sp³-hybridized carbons (Fsp3) is 0.375. The third-order valence-corrected chi connectivity index (χ3v) is 2.28. The quantitative estimate of drug-likeness (QED) is 0.678. The fourth-order valence-electron chi connectivity index (χ4n) is 1.35. The minimum absolute atomic E-state index is 0.122. The van der Waals surface area contributed by atoms with Crippen LogP contribution in [0.2, 0.25) is 0 Å². The normalized spacial score (nSPS) is 15.9. The molecule has 62 valence electrons. The van der Waals surface area contributed by atoms with Gasteiger partial charge in [-0.3, -0.25) is 4.79 Å². The van der Waals surface area contributed by atoms with Crippen LogP contribution in [0.15, 0.2) is 10.8 Å². The summed E-state index contributed by atoms with van der Waals surface area (Å²) >= 11 is 3.23. The number of aromatic nitrogens is 2. The van der Waals surface area contributed by atoms with E-state index in [-0.39, 0.29) is 5.78 Å². The zero-order chi connectivity index (χ0) is 8.55. The van der Waals surface area contributed by atoms with Crippen LogP contribution in [0.1, 0.15) is 29.0 Å². The number of carbonyl (C=O) groups is 1. The summed E-state index contributed by atoms with van der Waals surface area (Å²) in [6.45, 7) is 0. The first kappa shape index (κ1) is 7.86. The van der Waals surface area contributed by atoms with Crippen LogP contribution in [0.5, 0.6) is 0 Å². The van der Waals surface area contributed by atoms with E-state index in [0.717, 1.165) is 18.5 Å². The largest absolute Gasteiger partial charge is 0.292 e.